The number of aryl methyl sites for hydroxylation is 1. The lowest BCUT2D eigenvalue weighted by molar-refractivity contribution is 0.503. The summed E-state index contributed by atoms with van der Waals surface area (Å²) in [5, 5.41) is 11.0. The largest absolute Gasteiger partial charge is 0.467 e. The normalized spacial score (nSPS) is 10.3. The van der Waals surface area contributed by atoms with Gasteiger partial charge >= 0.3 is 0 Å². The summed E-state index contributed by atoms with van der Waals surface area (Å²) in [5.74, 6) is 0.847. The Labute approximate surface area is 111 Å². The molecule has 0 unspecified atom stereocenters. The standard InChI is InChI=1S/C12H16N4OS/c1-3-16-9(2)11(8-14-16)15-12(18)13-7-10-5-4-6-17-10/h4-6,8H,3,7H2,1-2H3,(H2,13,15,18). The number of hydrogen-bond donors (Lipinski definition) is 2. The topological polar surface area (TPSA) is 55.0 Å². The Morgan fingerprint density at radius 2 is 2.39 bits per heavy atom. The van der Waals surface area contributed by atoms with Crippen molar-refractivity contribution in [3.8, 4) is 0 Å². The molecule has 0 amide bonds. The van der Waals surface area contributed by atoms with Gasteiger partial charge in [0.25, 0.3) is 0 Å². The molecule has 18 heavy (non-hydrogen) atoms. The van der Waals surface area contributed by atoms with E-state index in [-0.39, 0.29) is 0 Å². The van der Waals surface area contributed by atoms with Crippen molar-refractivity contribution in [3.05, 3.63) is 36.0 Å². The van der Waals surface area contributed by atoms with E-state index in [0.29, 0.717) is 11.7 Å². The summed E-state index contributed by atoms with van der Waals surface area (Å²) < 4.78 is 7.13. The Balaban J connectivity index is 1.89. The Hall–Kier alpha value is -1.82. The summed E-state index contributed by atoms with van der Waals surface area (Å²) in [7, 11) is 0. The summed E-state index contributed by atoms with van der Waals surface area (Å²) in [4.78, 5) is 0. The van der Waals surface area contributed by atoms with Crippen LogP contribution in [0.5, 0.6) is 0 Å². The minimum Gasteiger partial charge on any atom is -0.467 e. The van der Waals surface area contributed by atoms with Gasteiger partial charge in [-0.25, -0.2) is 0 Å². The van der Waals surface area contributed by atoms with Crippen molar-refractivity contribution >= 4 is 23.0 Å². The Bertz CT molecular complexity index is 518. The highest BCUT2D eigenvalue weighted by Crippen LogP contribution is 2.13. The third kappa shape index (κ3) is 2.89. The van der Waals surface area contributed by atoms with Gasteiger partial charge in [-0.2, -0.15) is 5.10 Å². The van der Waals surface area contributed by atoms with Gasteiger partial charge in [0.1, 0.15) is 5.76 Å². The number of rotatable bonds is 4. The van der Waals surface area contributed by atoms with Crippen LogP contribution in [0.15, 0.2) is 29.0 Å². The Morgan fingerprint density at radius 1 is 1.56 bits per heavy atom. The van der Waals surface area contributed by atoms with Crippen molar-refractivity contribution in [3.63, 3.8) is 0 Å². The van der Waals surface area contributed by atoms with E-state index < -0.39 is 0 Å². The summed E-state index contributed by atoms with van der Waals surface area (Å²) in [6, 6.07) is 3.75. The van der Waals surface area contributed by atoms with Crippen molar-refractivity contribution < 1.29 is 4.42 Å². The molecule has 2 aromatic rings. The Morgan fingerprint density at radius 3 is 3.00 bits per heavy atom. The number of anilines is 1. The molecule has 96 valence electrons. The van der Waals surface area contributed by atoms with Gasteiger partial charge in [0, 0.05) is 6.54 Å². The minimum atomic E-state index is 0.560. The van der Waals surface area contributed by atoms with Crippen molar-refractivity contribution in [2.45, 2.75) is 26.9 Å². The smallest absolute Gasteiger partial charge is 0.171 e. The van der Waals surface area contributed by atoms with Crippen LogP contribution in [0.25, 0.3) is 0 Å². The van der Waals surface area contributed by atoms with E-state index in [1.54, 1.807) is 12.5 Å². The van der Waals surface area contributed by atoms with Crippen LogP contribution < -0.4 is 10.6 Å². The van der Waals surface area contributed by atoms with Crippen molar-refractivity contribution in [2.75, 3.05) is 5.32 Å². The number of thiocarbonyl (C=S) groups is 1. The Kier molecular flexibility index (Phi) is 3.99. The molecule has 0 aliphatic carbocycles. The average molecular weight is 264 g/mol. The molecule has 0 fully saturated rings. The van der Waals surface area contributed by atoms with Gasteiger partial charge < -0.3 is 15.1 Å². The lowest BCUT2D eigenvalue weighted by Crippen LogP contribution is -2.27. The molecule has 0 spiro atoms. The molecule has 0 aromatic carbocycles. The molecule has 6 heteroatoms. The predicted molar refractivity (Wildman–Crippen MR) is 74.4 cm³/mol. The molecule has 5 nitrogen and oxygen atoms in total. The fraction of sp³-hybridized carbons (Fsp3) is 0.333. The fourth-order valence-corrected chi connectivity index (χ4v) is 1.82. The highest BCUT2D eigenvalue weighted by atomic mass is 32.1. The van der Waals surface area contributed by atoms with E-state index in [9.17, 15) is 0 Å². The fourth-order valence-electron chi connectivity index (χ4n) is 1.64. The van der Waals surface area contributed by atoms with Gasteiger partial charge in [0.15, 0.2) is 5.11 Å². The van der Waals surface area contributed by atoms with Crippen molar-refractivity contribution in [1.82, 2.24) is 15.1 Å². The molecular weight excluding hydrogens is 248 g/mol. The number of nitrogens with one attached hydrogen (secondary N) is 2. The first-order valence-corrected chi connectivity index (χ1v) is 6.21. The molecule has 2 heterocycles. The van der Waals surface area contributed by atoms with Crippen LogP contribution in [0, 0.1) is 6.92 Å². The maximum absolute atomic E-state index is 5.21. The molecule has 0 bridgehead atoms. The van der Waals surface area contributed by atoms with E-state index in [4.69, 9.17) is 16.6 Å². The van der Waals surface area contributed by atoms with Crippen LogP contribution in [-0.2, 0) is 13.1 Å². The lowest BCUT2D eigenvalue weighted by atomic mass is 10.4. The molecule has 2 N–H and O–H groups in total. The molecular formula is C12H16N4OS. The quantitative estimate of drug-likeness (QED) is 0.830. The van der Waals surface area contributed by atoms with Crippen molar-refractivity contribution in [2.24, 2.45) is 0 Å². The molecule has 0 atom stereocenters. The van der Waals surface area contributed by atoms with Crippen LogP contribution in [-0.4, -0.2) is 14.9 Å². The van der Waals surface area contributed by atoms with Crippen LogP contribution in [0.4, 0.5) is 5.69 Å². The van der Waals surface area contributed by atoms with Gasteiger partial charge in [0.05, 0.1) is 30.4 Å². The van der Waals surface area contributed by atoms with Crippen LogP contribution in [0.1, 0.15) is 18.4 Å². The number of aromatic nitrogens is 2. The summed E-state index contributed by atoms with van der Waals surface area (Å²) in [6.07, 6.45) is 3.42. The molecule has 2 rings (SSSR count). The minimum absolute atomic E-state index is 0.560. The zero-order chi connectivity index (χ0) is 13.0. The molecule has 0 aliphatic rings. The van der Waals surface area contributed by atoms with E-state index >= 15 is 0 Å². The first kappa shape index (κ1) is 12.6. The monoisotopic (exact) mass is 264 g/mol. The molecule has 0 radical (unpaired) electrons. The number of nitrogens with zero attached hydrogens (tertiary/aromatic N) is 2. The van der Waals surface area contributed by atoms with Gasteiger partial charge in [-0.05, 0) is 38.2 Å². The summed E-state index contributed by atoms with van der Waals surface area (Å²) >= 11 is 5.21. The SMILES string of the molecule is CCn1ncc(NC(=S)NCc2ccco2)c1C. The second-order valence-electron chi connectivity index (χ2n) is 3.85. The van der Waals surface area contributed by atoms with E-state index in [0.717, 1.165) is 23.7 Å². The predicted octanol–water partition coefficient (Wildman–Crippen LogP) is 2.29. The van der Waals surface area contributed by atoms with Gasteiger partial charge in [-0.15, -0.1) is 0 Å². The zero-order valence-electron chi connectivity index (χ0n) is 10.4. The first-order valence-electron chi connectivity index (χ1n) is 5.80. The van der Waals surface area contributed by atoms with Crippen LogP contribution in [0.2, 0.25) is 0 Å². The summed E-state index contributed by atoms with van der Waals surface area (Å²) in [5.41, 5.74) is 1.99. The van der Waals surface area contributed by atoms with Crippen LogP contribution >= 0.6 is 12.2 Å². The lowest BCUT2D eigenvalue weighted by Gasteiger charge is -2.09. The van der Waals surface area contributed by atoms with E-state index in [1.807, 2.05) is 23.7 Å². The van der Waals surface area contributed by atoms with E-state index in [1.165, 1.54) is 0 Å². The maximum Gasteiger partial charge on any atom is 0.171 e. The second-order valence-corrected chi connectivity index (χ2v) is 4.25. The molecule has 0 saturated heterocycles. The molecule has 0 saturated carbocycles. The third-order valence-electron chi connectivity index (χ3n) is 2.65. The van der Waals surface area contributed by atoms with E-state index in [2.05, 4.69) is 22.7 Å². The van der Waals surface area contributed by atoms with Gasteiger partial charge in [-0.1, -0.05) is 0 Å². The van der Waals surface area contributed by atoms with Gasteiger partial charge in [-0.3, -0.25) is 4.68 Å². The highest BCUT2D eigenvalue weighted by Gasteiger charge is 2.06. The zero-order valence-corrected chi connectivity index (χ0v) is 11.3. The molecule has 0 aliphatic heterocycles. The number of hydrogen-bond acceptors (Lipinski definition) is 3. The average Bonchev–Trinajstić information content (AvgIpc) is 2.98. The molecule has 2 aromatic heterocycles. The van der Waals surface area contributed by atoms with Crippen LogP contribution in [0.3, 0.4) is 0 Å². The summed E-state index contributed by atoms with van der Waals surface area (Å²) in [6.45, 7) is 5.48. The maximum atomic E-state index is 5.21. The van der Waals surface area contributed by atoms with Gasteiger partial charge in [0.2, 0.25) is 0 Å². The van der Waals surface area contributed by atoms with Crippen molar-refractivity contribution in [1.29, 1.82) is 0 Å². The third-order valence-corrected chi connectivity index (χ3v) is 2.90. The highest BCUT2D eigenvalue weighted by molar-refractivity contribution is 7.80. The second kappa shape index (κ2) is 5.68. The number of furan rings is 1. The first-order chi connectivity index (χ1) is 8.70.